The summed E-state index contributed by atoms with van der Waals surface area (Å²) < 4.78 is 0. The van der Waals surface area contributed by atoms with Gasteiger partial charge in [0.05, 0.1) is 6.54 Å². The van der Waals surface area contributed by atoms with Crippen molar-refractivity contribution >= 4 is 41.7 Å². The van der Waals surface area contributed by atoms with Gasteiger partial charge in [0, 0.05) is 6.42 Å². The zero-order valence-corrected chi connectivity index (χ0v) is 26.3. The van der Waals surface area contributed by atoms with Gasteiger partial charge in [-0.3, -0.25) is 33.6 Å². The highest BCUT2D eigenvalue weighted by atomic mass is 16.4. The van der Waals surface area contributed by atoms with Crippen LogP contribution in [0.2, 0.25) is 0 Å². The summed E-state index contributed by atoms with van der Waals surface area (Å²) in [5.74, 6) is -6.11. The summed E-state index contributed by atoms with van der Waals surface area (Å²) >= 11 is 0. The number of hydrogen-bond acceptors (Lipinski definition) is 13. The summed E-state index contributed by atoms with van der Waals surface area (Å²) in [5.41, 5.74) is 29.5. The van der Waals surface area contributed by atoms with Gasteiger partial charge in [0.15, 0.2) is 0 Å². The Morgan fingerprint density at radius 3 is 1.18 bits per heavy atom. The van der Waals surface area contributed by atoms with Crippen molar-refractivity contribution < 1.29 is 64.2 Å². The fourth-order valence-corrected chi connectivity index (χ4v) is 1.89. The second-order valence-electron chi connectivity index (χ2n) is 9.88. The number of hydrogen-bond donors (Lipinski definition) is 13. The molecule has 0 aliphatic carbocycles. The molecule has 0 aromatic heterocycles. The molecule has 1 saturated heterocycles. The number of aliphatic carboxylic acids is 6. The Morgan fingerprint density at radius 1 is 0.711 bits per heavy atom. The van der Waals surface area contributed by atoms with E-state index >= 15 is 0 Å². The normalized spacial score (nSPS) is 15.4. The molecule has 0 radical (unpaired) electrons. The number of carbonyl (C=O) groups excluding carboxylic acids is 1. The van der Waals surface area contributed by atoms with Gasteiger partial charge in [-0.15, -0.1) is 0 Å². The lowest BCUT2D eigenvalue weighted by Gasteiger charge is -2.07. The predicted octanol–water partition coefficient (Wildman–Crippen LogP) is -2.96. The number of carboxylic acids is 6. The number of nitrogens with one attached hydrogen (secondary N) is 1. The van der Waals surface area contributed by atoms with Gasteiger partial charge in [0.1, 0.15) is 30.2 Å². The van der Waals surface area contributed by atoms with E-state index < -0.39 is 65.9 Å². The SMILES string of the molecule is CC(C)[C@H](N)C(=O)O.CC(C)[C@H](N)C(=O)O.C[C@H](N)C(=O)O.NC(=O)CC[C@H](N)C(=O)O.NCC(=O)O.O=C(O)[C@@H]1CCCN1. The highest BCUT2D eigenvalue weighted by Gasteiger charge is 2.20. The van der Waals surface area contributed by atoms with E-state index in [1.165, 1.54) is 6.92 Å². The van der Waals surface area contributed by atoms with Crippen LogP contribution in [0.15, 0.2) is 0 Å². The quantitative estimate of drug-likeness (QED) is 0.105. The molecule has 0 aromatic rings. The molecule has 5 atom stereocenters. The summed E-state index contributed by atoms with van der Waals surface area (Å²) in [4.78, 5) is 69.1. The van der Waals surface area contributed by atoms with Crippen LogP contribution in [0.3, 0.4) is 0 Å². The van der Waals surface area contributed by atoms with Gasteiger partial charge in [-0.2, -0.15) is 0 Å². The molecule has 20 nitrogen and oxygen atoms in total. The van der Waals surface area contributed by atoms with E-state index in [1.807, 2.05) is 0 Å². The average molecular weight is 660 g/mol. The Kier molecular flexibility index (Phi) is 33.9. The topological polar surface area (TPSA) is 409 Å². The van der Waals surface area contributed by atoms with Crippen LogP contribution in [0.25, 0.3) is 0 Å². The van der Waals surface area contributed by atoms with E-state index in [2.05, 4.69) is 11.1 Å². The summed E-state index contributed by atoms with van der Waals surface area (Å²) in [6, 6.07) is -3.41. The molecule has 1 amide bonds. The van der Waals surface area contributed by atoms with Gasteiger partial charge < -0.3 is 70.4 Å². The minimum atomic E-state index is -1.11. The van der Waals surface area contributed by atoms with Gasteiger partial charge in [0.25, 0.3) is 0 Å². The van der Waals surface area contributed by atoms with Crippen LogP contribution in [0.4, 0.5) is 0 Å². The Hall–Kier alpha value is -3.95. The van der Waals surface area contributed by atoms with E-state index in [4.69, 9.17) is 59.3 Å². The molecule has 0 bridgehead atoms. The first-order valence-electron chi connectivity index (χ1n) is 13.5. The first-order chi connectivity index (χ1) is 20.4. The molecule has 20 heteroatoms. The van der Waals surface area contributed by atoms with Crippen molar-refractivity contribution in [3.8, 4) is 0 Å². The molecule has 266 valence electrons. The molecular formula is C25H53N7O13. The molecule has 19 N–H and O–H groups in total. The molecule has 1 heterocycles. The van der Waals surface area contributed by atoms with Crippen LogP contribution in [0, 0.1) is 11.8 Å². The van der Waals surface area contributed by atoms with Gasteiger partial charge in [-0.1, -0.05) is 27.7 Å². The molecular weight excluding hydrogens is 606 g/mol. The van der Waals surface area contributed by atoms with Crippen molar-refractivity contribution in [3.63, 3.8) is 0 Å². The second kappa shape index (κ2) is 30.1. The smallest absolute Gasteiger partial charge is 0.320 e. The maximum atomic E-state index is 10.1. The van der Waals surface area contributed by atoms with E-state index in [1.54, 1.807) is 27.7 Å². The average Bonchev–Trinajstić information content (AvgIpc) is 3.47. The highest BCUT2D eigenvalue weighted by molar-refractivity contribution is 5.77. The van der Waals surface area contributed by atoms with Gasteiger partial charge in [0.2, 0.25) is 5.91 Å². The number of nitrogens with two attached hydrogens (primary N) is 6. The van der Waals surface area contributed by atoms with Crippen LogP contribution in [-0.2, 0) is 33.6 Å². The fraction of sp³-hybridized carbons (Fsp3) is 0.720. The summed E-state index contributed by atoms with van der Waals surface area (Å²) in [5, 5.41) is 51.3. The van der Waals surface area contributed by atoms with Crippen LogP contribution < -0.4 is 39.7 Å². The maximum Gasteiger partial charge on any atom is 0.320 e. The third kappa shape index (κ3) is 40.0. The van der Waals surface area contributed by atoms with Gasteiger partial charge in [-0.25, -0.2) is 0 Å². The van der Waals surface area contributed by atoms with Crippen LogP contribution in [-0.4, -0.2) is 116 Å². The van der Waals surface area contributed by atoms with Crippen molar-refractivity contribution in [2.24, 2.45) is 46.2 Å². The molecule has 1 aliphatic heterocycles. The molecule has 0 aromatic carbocycles. The predicted molar refractivity (Wildman–Crippen MR) is 162 cm³/mol. The lowest BCUT2D eigenvalue weighted by atomic mass is 10.1. The van der Waals surface area contributed by atoms with Crippen LogP contribution in [0.5, 0.6) is 0 Å². The number of rotatable bonds is 11. The molecule has 0 spiro atoms. The molecule has 1 rings (SSSR count). The Balaban J connectivity index is -0.000000144. The molecule has 1 fully saturated rings. The Labute approximate surface area is 261 Å². The number of primary amides is 1. The number of amides is 1. The van der Waals surface area contributed by atoms with E-state index in [-0.39, 0.29) is 37.3 Å². The van der Waals surface area contributed by atoms with E-state index in [0.717, 1.165) is 19.4 Å². The lowest BCUT2D eigenvalue weighted by molar-refractivity contribution is -0.140. The van der Waals surface area contributed by atoms with Crippen molar-refractivity contribution in [2.45, 2.75) is 90.5 Å². The Bertz CT molecular complexity index is 841. The summed E-state index contributed by atoms with van der Waals surface area (Å²) in [6.07, 6.45) is 1.91. The minimum absolute atomic E-state index is 0.0208. The van der Waals surface area contributed by atoms with E-state index in [0.29, 0.717) is 0 Å². The molecule has 0 unspecified atom stereocenters. The van der Waals surface area contributed by atoms with Gasteiger partial charge in [-0.05, 0) is 44.6 Å². The van der Waals surface area contributed by atoms with Crippen LogP contribution in [0.1, 0.15) is 60.3 Å². The zero-order valence-electron chi connectivity index (χ0n) is 26.3. The molecule has 1 aliphatic rings. The standard InChI is InChI=1S/C5H10N2O3.C5H9NO2.2C5H11NO2.C3H7NO2.C2H5NO2/c6-3(5(9)10)1-2-4(7)8;7-5(8)4-2-1-3-6-4;2*1-3(2)4(6)5(7)8;1-2(4)3(5)6;3-1-2(4)5/h3H,1-2,6H2,(H2,7,8)(H,9,10);4,6H,1-3H2,(H,7,8);2*3-4H,6H2,1-2H3,(H,7,8);2H,4H2,1H3,(H,5,6);1,3H2,(H,4,5)/t3-;3*4-;2-;/m00000./s1. The summed E-state index contributed by atoms with van der Waals surface area (Å²) in [7, 11) is 0. The Morgan fingerprint density at radius 2 is 1.07 bits per heavy atom. The number of carbonyl (C=O) groups is 7. The van der Waals surface area contributed by atoms with Crippen molar-refractivity contribution in [2.75, 3.05) is 13.1 Å². The minimum Gasteiger partial charge on any atom is -0.480 e. The first kappa shape index (κ1) is 50.7. The molecule has 0 saturated carbocycles. The second-order valence-corrected chi connectivity index (χ2v) is 9.88. The van der Waals surface area contributed by atoms with Crippen molar-refractivity contribution in [3.05, 3.63) is 0 Å². The van der Waals surface area contributed by atoms with Crippen molar-refractivity contribution in [1.82, 2.24) is 5.32 Å². The van der Waals surface area contributed by atoms with Crippen molar-refractivity contribution in [1.29, 1.82) is 0 Å². The highest BCUT2D eigenvalue weighted by Crippen LogP contribution is 2.03. The third-order valence-electron chi connectivity index (χ3n) is 4.95. The number of carboxylic acid groups (broad SMARTS) is 6. The van der Waals surface area contributed by atoms with E-state index in [9.17, 15) is 33.6 Å². The first-order valence-corrected chi connectivity index (χ1v) is 13.5. The lowest BCUT2D eigenvalue weighted by Crippen LogP contribution is -2.34. The third-order valence-corrected chi connectivity index (χ3v) is 4.95. The molecule has 45 heavy (non-hydrogen) atoms. The monoisotopic (exact) mass is 659 g/mol. The zero-order chi connectivity index (χ0) is 37.0. The van der Waals surface area contributed by atoms with Gasteiger partial charge >= 0.3 is 35.8 Å². The largest absolute Gasteiger partial charge is 0.480 e. The fourth-order valence-electron chi connectivity index (χ4n) is 1.89. The maximum absolute atomic E-state index is 10.1. The summed E-state index contributed by atoms with van der Waals surface area (Å²) in [6.45, 7) is 9.11. The van der Waals surface area contributed by atoms with Crippen LogP contribution >= 0.6 is 0 Å².